The topological polar surface area (TPSA) is 303 Å². The largest absolute Gasteiger partial charge is 0.463 e. The van der Waals surface area contributed by atoms with Gasteiger partial charge in [0.2, 0.25) is 0 Å². The van der Waals surface area contributed by atoms with E-state index >= 15 is 0 Å². The van der Waals surface area contributed by atoms with Gasteiger partial charge in [0.15, 0.2) is 48.5 Å². The van der Waals surface area contributed by atoms with Crippen LogP contribution in [-0.4, -0.2) is 175 Å². The summed E-state index contributed by atoms with van der Waals surface area (Å²) in [6.45, 7) is 5.85. The van der Waals surface area contributed by atoms with Crippen LogP contribution in [-0.2, 0) is 90.4 Å². The molecular weight excluding hydrogens is 794 g/mol. The first-order valence-electron chi connectivity index (χ1n) is 17.4. The second-order valence-electron chi connectivity index (χ2n) is 12.9. The van der Waals surface area contributed by atoms with E-state index < -0.39 is 146 Å². The van der Waals surface area contributed by atoms with Crippen molar-refractivity contribution < 1.29 is 106 Å². The van der Waals surface area contributed by atoms with Gasteiger partial charge in [-0.1, -0.05) is 0 Å². The van der Waals surface area contributed by atoms with Crippen LogP contribution in [0.2, 0.25) is 0 Å². The molecular formula is C33H49NO22S. The Morgan fingerprint density at radius 2 is 0.947 bits per heavy atom. The van der Waals surface area contributed by atoms with Crippen LogP contribution in [0, 0.1) is 0 Å². The number of hydrogen-bond acceptors (Lipinski definition) is 24. The van der Waals surface area contributed by atoms with Crippen LogP contribution in [0.25, 0.3) is 0 Å². The number of esters is 7. The van der Waals surface area contributed by atoms with Crippen molar-refractivity contribution in [2.45, 2.75) is 140 Å². The molecule has 3 aliphatic rings. The van der Waals surface area contributed by atoms with E-state index in [9.17, 15) is 48.9 Å². The Kier molecular flexibility index (Phi) is 18.3. The normalized spacial score (nSPS) is 35.2. The van der Waals surface area contributed by atoms with Gasteiger partial charge >= 0.3 is 41.8 Å². The summed E-state index contributed by atoms with van der Waals surface area (Å²) in [5.41, 5.74) is -1.33. The molecule has 0 aliphatic carbocycles. The SMILES string of the molecule is CO[C@H]1O[C@H](CNS[C@@H]2O[C@H](COC(C)=O)[C@@H](O[C@@H]3O[C@H](COC(C)=O)[C@H](OC(C)=O)[C@H](OC(C)=O)[C@H]3OC(C)=O)[C@H](OC(C)=O)[C@H]2OC(C)=O)[C@@H](O)[C@H](O)[C@H]1O. The van der Waals surface area contributed by atoms with Gasteiger partial charge in [-0.2, -0.15) is 0 Å². The molecule has 0 unspecified atom stereocenters. The maximum absolute atomic E-state index is 12.6. The molecule has 3 rings (SSSR count). The molecule has 0 amide bonds. The van der Waals surface area contributed by atoms with Crippen LogP contribution in [0.3, 0.4) is 0 Å². The molecule has 3 aliphatic heterocycles. The van der Waals surface area contributed by atoms with E-state index in [-0.39, 0.29) is 6.54 Å². The number of carbonyl (C=O) groups is 7. The Bertz CT molecular complexity index is 1430. The number of aliphatic hydroxyl groups is 3. The van der Waals surface area contributed by atoms with E-state index in [4.69, 9.17) is 56.8 Å². The smallest absolute Gasteiger partial charge is 0.303 e. The van der Waals surface area contributed by atoms with Gasteiger partial charge < -0.3 is 72.2 Å². The summed E-state index contributed by atoms with van der Waals surface area (Å²) in [6, 6.07) is 0. The van der Waals surface area contributed by atoms with Crippen LogP contribution in [0.5, 0.6) is 0 Å². The fourth-order valence-electron chi connectivity index (χ4n) is 6.06. The van der Waals surface area contributed by atoms with E-state index in [0.29, 0.717) is 0 Å². The van der Waals surface area contributed by atoms with Crippen LogP contribution in [0.4, 0.5) is 0 Å². The van der Waals surface area contributed by atoms with E-state index in [1.165, 1.54) is 7.11 Å². The number of methoxy groups -OCH3 is 1. The number of carbonyl (C=O) groups excluding carboxylic acids is 7. The summed E-state index contributed by atoms with van der Waals surface area (Å²) >= 11 is 0.735. The molecule has 0 aromatic heterocycles. The molecule has 3 saturated heterocycles. The minimum absolute atomic E-state index is 0.236. The lowest BCUT2D eigenvalue weighted by Crippen LogP contribution is -2.67. The highest BCUT2D eigenvalue weighted by molar-refractivity contribution is 7.97. The van der Waals surface area contributed by atoms with E-state index in [2.05, 4.69) is 4.72 Å². The maximum Gasteiger partial charge on any atom is 0.303 e. The second-order valence-corrected chi connectivity index (χ2v) is 13.9. The Morgan fingerprint density at radius 1 is 0.509 bits per heavy atom. The highest BCUT2D eigenvalue weighted by Gasteiger charge is 2.57. The molecule has 0 bridgehead atoms. The van der Waals surface area contributed by atoms with Crippen molar-refractivity contribution in [2.24, 2.45) is 0 Å². The van der Waals surface area contributed by atoms with Gasteiger partial charge in [-0.3, -0.25) is 38.3 Å². The molecule has 0 radical (unpaired) electrons. The average Bonchev–Trinajstić information content (AvgIpc) is 3.10. The first kappa shape index (κ1) is 47.7. The van der Waals surface area contributed by atoms with Gasteiger partial charge in [-0.15, -0.1) is 0 Å². The third-order valence-corrected chi connectivity index (χ3v) is 9.22. The van der Waals surface area contributed by atoms with Crippen molar-refractivity contribution in [3.8, 4) is 0 Å². The summed E-state index contributed by atoms with van der Waals surface area (Å²) in [7, 11) is 1.22. The van der Waals surface area contributed by atoms with Crippen molar-refractivity contribution in [1.29, 1.82) is 0 Å². The Labute approximate surface area is 330 Å². The summed E-state index contributed by atoms with van der Waals surface area (Å²) in [5, 5.41) is 30.9. The molecule has 3 heterocycles. The standard InChI is InChI=1S/C33H49NO22S/c1-12(35)46-10-20-25(48-14(3)37)27(49-15(4)38)29(51-17(6)40)32(54-20)56-26-21(11-47-13(2)36)55-33(30(52-18(7)41)28(26)50-16(5)39)57-34-9-19-22(42)23(43)24(44)31(45-8)53-19/h19-34,42-44H,9-11H2,1-8H3/t19-,20-,21-,22-,23+,24-,25+,26-,27+,28+,29-,30-,31+,32+,33+/m1/s1. The van der Waals surface area contributed by atoms with Gasteiger partial charge in [0.05, 0.1) is 0 Å². The number of hydrogen-bond donors (Lipinski definition) is 4. The van der Waals surface area contributed by atoms with Crippen molar-refractivity contribution in [1.82, 2.24) is 4.72 Å². The number of aliphatic hydroxyl groups excluding tert-OH is 3. The molecule has 4 N–H and O–H groups in total. The minimum Gasteiger partial charge on any atom is -0.463 e. The molecule has 23 nitrogen and oxygen atoms in total. The van der Waals surface area contributed by atoms with Crippen molar-refractivity contribution in [3.05, 3.63) is 0 Å². The summed E-state index contributed by atoms with van der Waals surface area (Å²) in [4.78, 5) is 86.0. The lowest BCUT2D eigenvalue weighted by atomic mass is 9.96. The lowest BCUT2D eigenvalue weighted by molar-refractivity contribution is -0.341. The molecule has 0 aromatic carbocycles. The quantitative estimate of drug-likeness (QED) is 0.0698. The molecule has 0 spiro atoms. The maximum atomic E-state index is 12.6. The first-order valence-corrected chi connectivity index (χ1v) is 18.3. The zero-order valence-corrected chi connectivity index (χ0v) is 33.1. The number of rotatable bonds is 16. The van der Waals surface area contributed by atoms with E-state index in [1.807, 2.05) is 0 Å². The van der Waals surface area contributed by atoms with Gasteiger partial charge in [0, 0.05) is 62.1 Å². The van der Waals surface area contributed by atoms with Crippen molar-refractivity contribution in [3.63, 3.8) is 0 Å². The first-order chi connectivity index (χ1) is 26.7. The van der Waals surface area contributed by atoms with Crippen LogP contribution in [0.15, 0.2) is 0 Å². The average molecular weight is 844 g/mol. The zero-order valence-electron chi connectivity index (χ0n) is 32.3. The molecule has 24 heteroatoms. The monoisotopic (exact) mass is 843 g/mol. The van der Waals surface area contributed by atoms with E-state index in [0.717, 1.165) is 60.4 Å². The molecule has 324 valence electrons. The number of nitrogens with one attached hydrogen (secondary N) is 1. The van der Waals surface area contributed by atoms with Crippen molar-refractivity contribution in [2.75, 3.05) is 26.9 Å². The second kappa shape index (κ2) is 21.9. The predicted octanol–water partition coefficient (Wildman–Crippen LogP) is -2.70. The lowest BCUT2D eigenvalue weighted by Gasteiger charge is -2.48. The summed E-state index contributed by atoms with van der Waals surface area (Å²) in [6.07, 6.45) is -21.8. The van der Waals surface area contributed by atoms with Crippen LogP contribution >= 0.6 is 11.9 Å². The minimum atomic E-state index is -1.85. The van der Waals surface area contributed by atoms with Gasteiger partial charge in [-0.25, -0.2) is 0 Å². The fraction of sp³-hybridized carbons (Fsp3) is 0.788. The Hall–Kier alpha value is -3.72. The van der Waals surface area contributed by atoms with E-state index in [1.54, 1.807) is 0 Å². The summed E-state index contributed by atoms with van der Waals surface area (Å²) in [5.74, 6) is -6.13. The third-order valence-electron chi connectivity index (χ3n) is 8.27. The molecule has 15 atom stereocenters. The highest BCUT2D eigenvalue weighted by Crippen LogP contribution is 2.37. The molecule has 0 saturated carbocycles. The van der Waals surface area contributed by atoms with Gasteiger partial charge in [0.25, 0.3) is 0 Å². The third kappa shape index (κ3) is 13.7. The molecule has 0 aromatic rings. The highest BCUT2D eigenvalue weighted by atomic mass is 32.2. The zero-order chi connectivity index (χ0) is 42.7. The van der Waals surface area contributed by atoms with Gasteiger partial charge in [-0.05, 0) is 11.9 Å². The van der Waals surface area contributed by atoms with Crippen LogP contribution < -0.4 is 4.72 Å². The fourth-order valence-corrected chi connectivity index (χ4v) is 7.03. The molecule has 3 fully saturated rings. The molecule has 57 heavy (non-hydrogen) atoms. The predicted molar refractivity (Wildman–Crippen MR) is 183 cm³/mol. The summed E-state index contributed by atoms with van der Waals surface area (Å²) < 4.78 is 70.0. The number of ether oxygens (including phenoxy) is 12. The van der Waals surface area contributed by atoms with Gasteiger partial charge in [0.1, 0.15) is 55.9 Å². The Morgan fingerprint density at radius 3 is 1.44 bits per heavy atom. The van der Waals surface area contributed by atoms with Crippen LogP contribution in [0.1, 0.15) is 48.5 Å². The van der Waals surface area contributed by atoms with Crippen molar-refractivity contribution >= 4 is 53.7 Å². The Balaban J connectivity index is 2.07.